The average molecular weight is 508 g/mol. The molecular weight excluding hydrogens is 473 g/mol. The van der Waals surface area contributed by atoms with Crippen LogP contribution in [0.15, 0.2) is 53.5 Å². The number of nitrogens with zero attached hydrogens (tertiary/aromatic N) is 2. The molecule has 1 aliphatic heterocycles. The number of carbonyl (C=O) groups is 3. The highest BCUT2D eigenvalue weighted by Gasteiger charge is 2.51. The Kier molecular flexibility index (Phi) is 8.05. The van der Waals surface area contributed by atoms with E-state index in [-0.39, 0.29) is 36.6 Å². The molecule has 196 valence electrons. The van der Waals surface area contributed by atoms with Crippen LogP contribution in [0.2, 0.25) is 0 Å². The Hall–Kier alpha value is -3.55. The third-order valence-corrected chi connectivity index (χ3v) is 7.44. The standard InChI is InChI=1S/C29H34FN3O4/c1-3-4-24(20-5-7-22(8-6-20)27(36)31-18-15-25(34)35)33-28(37)26(21-9-11-23(30)12-10-21)32-29(33)16-13-19(2)14-17-29/h5-12,19,24H,3-4,13-18H2,1-2H3,(H,31,36)(H,34,35)/t19?,24-,29?/m1/s1. The van der Waals surface area contributed by atoms with Crippen molar-refractivity contribution in [1.29, 1.82) is 0 Å². The molecule has 1 aliphatic carbocycles. The second-order valence-corrected chi connectivity index (χ2v) is 10.1. The van der Waals surface area contributed by atoms with Crippen molar-refractivity contribution < 1.29 is 23.9 Å². The van der Waals surface area contributed by atoms with Gasteiger partial charge in [0.25, 0.3) is 11.8 Å². The van der Waals surface area contributed by atoms with Gasteiger partial charge in [0.1, 0.15) is 17.2 Å². The number of halogens is 1. The molecule has 1 fully saturated rings. The number of aliphatic carboxylic acids is 1. The van der Waals surface area contributed by atoms with Gasteiger partial charge in [0.2, 0.25) is 0 Å². The molecule has 0 radical (unpaired) electrons. The second kappa shape index (κ2) is 11.2. The lowest BCUT2D eigenvalue weighted by Gasteiger charge is -2.45. The van der Waals surface area contributed by atoms with Crippen LogP contribution >= 0.6 is 0 Å². The average Bonchev–Trinajstić information content (AvgIpc) is 3.16. The van der Waals surface area contributed by atoms with Crippen molar-refractivity contribution in [1.82, 2.24) is 10.2 Å². The summed E-state index contributed by atoms with van der Waals surface area (Å²) in [7, 11) is 0. The zero-order valence-corrected chi connectivity index (χ0v) is 21.4. The Morgan fingerprint density at radius 3 is 2.38 bits per heavy atom. The largest absolute Gasteiger partial charge is 0.481 e. The number of benzene rings is 2. The van der Waals surface area contributed by atoms with E-state index in [0.717, 1.165) is 44.1 Å². The molecule has 2 amide bonds. The van der Waals surface area contributed by atoms with Gasteiger partial charge in [-0.15, -0.1) is 0 Å². The molecule has 0 saturated heterocycles. The third kappa shape index (κ3) is 5.73. The minimum absolute atomic E-state index is 0.0566. The molecule has 1 saturated carbocycles. The van der Waals surface area contributed by atoms with Gasteiger partial charge < -0.3 is 15.3 Å². The fourth-order valence-electron chi connectivity index (χ4n) is 5.38. The van der Waals surface area contributed by atoms with Crippen LogP contribution in [0.4, 0.5) is 4.39 Å². The highest BCUT2D eigenvalue weighted by Crippen LogP contribution is 2.46. The molecule has 1 atom stereocenters. The number of hydrogen-bond donors (Lipinski definition) is 2. The van der Waals surface area contributed by atoms with Crippen LogP contribution in [0, 0.1) is 11.7 Å². The quantitative estimate of drug-likeness (QED) is 0.493. The van der Waals surface area contributed by atoms with E-state index < -0.39 is 11.6 Å². The third-order valence-electron chi connectivity index (χ3n) is 7.44. The summed E-state index contributed by atoms with van der Waals surface area (Å²) >= 11 is 0. The van der Waals surface area contributed by atoms with Crippen LogP contribution in [0.25, 0.3) is 0 Å². The summed E-state index contributed by atoms with van der Waals surface area (Å²) in [5, 5.41) is 11.4. The van der Waals surface area contributed by atoms with E-state index in [0.29, 0.717) is 22.8 Å². The smallest absolute Gasteiger partial charge is 0.305 e. The Morgan fingerprint density at radius 1 is 1.14 bits per heavy atom. The molecule has 8 heteroatoms. The highest BCUT2D eigenvalue weighted by molar-refractivity contribution is 6.46. The Balaban J connectivity index is 1.64. The predicted molar refractivity (Wildman–Crippen MR) is 139 cm³/mol. The maximum absolute atomic E-state index is 14.0. The van der Waals surface area contributed by atoms with Gasteiger partial charge in [0.05, 0.1) is 12.5 Å². The minimum atomic E-state index is -0.971. The Labute approximate surface area is 216 Å². The molecule has 2 aromatic carbocycles. The van der Waals surface area contributed by atoms with Crippen molar-refractivity contribution in [3.05, 3.63) is 71.0 Å². The fraction of sp³-hybridized carbons (Fsp3) is 0.448. The molecule has 0 aromatic heterocycles. The van der Waals surface area contributed by atoms with Gasteiger partial charge in [-0.05, 0) is 80.0 Å². The summed E-state index contributed by atoms with van der Waals surface area (Å²) in [6.45, 7) is 4.36. The summed E-state index contributed by atoms with van der Waals surface area (Å²) in [5.41, 5.74) is 1.72. The molecule has 2 N–H and O–H groups in total. The summed E-state index contributed by atoms with van der Waals surface area (Å²) in [6.07, 6.45) is 4.93. The minimum Gasteiger partial charge on any atom is -0.481 e. The van der Waals surface area contributed by atoms with Crippen molar-refractivity contribution in [2.24, 2.45) is 10.9 Å². The van der Waals surface area contributed by atoms with Crippen molar-refractivity contribution in [2.45, 2.75) is 70.5 Å². The van der Waals surface area contributed by atoms with Crippen LogP contribution in [0.5, 0.6) is 0 Å². The number of carboxylic acid groups (broad SMARTS) is 1. The monoisotopic (exact) mass is 507 g/mol. The van der Waals surface area contributed by atoms with Crippen LogP contribution in [0.3, 0.4) is 0 Å². The summed E-state index contributed by atoms with van der Waals surface area (Å²) in [6, 6.07) is 12.9. The zero-order valence-electron chi connectivity index (χ0n) is 21.4. The maximum atomic E-state index is 14.0. The van der Waals surface area contributed by atoms with Crippen LogP contribution < -0.4 is 5.32 Å². The molecule has 4 rings (SSSR count). The molecule has 1 spiro atoms. The number of hydrogen-bond acceptors (Lipinski definition) is 4. The first-order valence-electron chi connectivity index (χ1n) is 13.0. The van der Waals surface area contributed by atoms with E-state index in [1.807, 2.05) is 17.0 Å². The topological polar surface area (TPSA) is 99.1 Å². The van der Waals surface area contributed by atoms with Crippen LogP contribution in [0.1, 0.15) is 86.3 Å². The van der Waals surface area contributed by atoms with Crippen LogP contribution in [-0.2, 0) is 9.59 Å². The van der Waals surface area contributed by atoms with E-state index in [9.17, 15) is 18.8 Å². The van der Waals surface area contributed by atoms with Gasteiger partial charge in [-0.1, -0.05) is 32.4 Å². The van der Waals surface area contributed by atoms with E-state index in [1.54, 1.807) is 24.3 Å². The summed E-state index contributed by atoms with van der Waals surface area (Å²) < 4.78 is 13.6. The summed E-state index contributed by atoms with van der Waals surface area (Å²) in [4.78, 5) is 44.1. The first-order valence-corrected chi connectivity index (χ1v) is 13.0. The van der Waals surface area contributed by atoms with E-state index in [4.69, 9.17) is 10.1 Å². The molecule has 0 unspecified atom stereocenters. The molecule has 7 nitrogen and oxygen atoms in total. The number of amides is 2. The maximum Gasteiger partial charge on any atom is 0.305 e. The Morgan fingerprint density at radius 2 is 1.78 bits per heavy atom. The highest BCUT2D eigenvalue weighted by atomic mass is 19.1. The second-order valence-electron chi connectivity index (χ2n) is 10.1. The molecule has 0 bridgehead atoms. The Bertz CT molecular complexity index is 1170. The van der Waals surface area contributed by atoms with Gasteiger partial charge in [-0.25, -0.2) is 4.39 Å². The lowest BCUT2D eigenvalue weighted by atomic mass is 9.81. The number of nitrogens with one attached hydrogen (secondary N) is 1. The SMILES string of the molecule is CCC[C@H](c1ccc(C(=O)NCCC(=O)O)cc1)N1C(=O)C(c2ccc(F)cc2)=NC12CCC(C)CC2. The molecular formula is C29H34FN3O4. The van der Waals surface area contributed by atoms with Crippen molar-refractivity contribution >= 4 is 23.5 Å². The number of rotatable bonds is 9. The van der Waals surface area contributed by atoms with E-state index in [2.05, 4.69) is 19.2 Å². The van der Waals surface area contributed by atoms with Gasteiger partial charge in [0, 0.05) is 17.7 Å². The lowest BCUT2D eigenvalue weighted by molar-refractivity contribution is -0.137. The van der Waals surface area contributed by atoms with Crippen LogP contribution in [-0.4, -0.2) is 45.7 Å². The molecule has 1 heterocycles. The van der Waals surface area contributed by atoms with Gasteiger partial charge in [-0.3, -0.25) is 19.4 Å². The lowest BCUT2D eigenvalue weighted by Crippen LogP contribution is -2.50. The van der Waals surface area contributed by atoms with Gasteiger partial charge in [-0.2, -0.15) is 0 Å². The van der Waals surface area contributed by atoms with Crippen molar-refractivity contribution in [2.75, 3.05) is 6.54 Å². The first kappa shape index (κ1) is 26.5. The number of carbonyl (C=O) groups excluding carboxylic acids is 2. The fourth-order valence-corrected chi connectivity index (χ4v) is 5.38. The molecule has 2 aromatic rings. The summed E-state index contributed by atoms with van der Waals surface area (Å²) in [5.74, 6) is -1.24. The molecule has 37 heavy (non-hydrogen) atoms. The van der Waals surface area contributed by atoms with Crippen molar-refractivity contribution in [3.63, 3.8) is 0 Å². The van der Waals surface area contributed by atoms with E-state index >= 15 is 0 Å². The number of carboxylic acids is 1. The first-order chi connectivity index (χ1) is 17.7. The van der Waals surface area contributed by atoms with Crippen molar-refractivity contribution in [3.8, 4) is 0 Å². The predicted octanol–water partition coefficient (Wildman–Crippen LogP) is 5.11. The molecule has 2 aliphatic rings. The zero-order chi connectivity index (χ0) is 26.6. The number of aliphatic imine (C=N–C) groups is 1. The van der Waals surface area contributed by atoms with Gasteiger partial charge >= 0.3 is 5.97 Å². The normalized spacial score (nSPS) is 22.1. The van der Waals surface area contributed by atoms with Gasteiger partial charge in [0.15, 0.2) is 0 Å². The van der Waals surface area contributed by atoms with E-state index in [1.165, 1.54) is 12.1 Å².